The minimum absolute atomic E-state index is 0.0911. The van der Waals surface area contributed by atoms with Gasteiger partial charge in [-0.15, -0.1) is 0 Å². The molecule has 1 aromatic heterocycles. The lowest BCUT2D eigenvalue weighted by Gasteiger charge is -2.17. The van der Waals surface area contributed by atoms with E-state index in [4.69, 9.17) is 13.9 Å². The molecule has 0 aliphatic rings. The van der Waals surface area contributed by atoms with Crippen molar-refractivity contribution in [1.29, 1.82) is 0 Å². The molecule has 0 fully saturated rings. The molecule has 6 heteroatoms. The smallest absolute Gasteiger partial charge is 0.197 e. The maximum atomic E-state index is 12.6. The Kier molecular flexibility index (Phi) is 5.96. The average Bonchev–Trinajstić information content (AvgIpc) is 2.67. The maximum Gasteiger partial charge on any atom is 0.197 e. The number of fused-ring (bicyclic) bond motifs is 1. The molecule has 0 amide bonds. The van der Waals surface area contributed by atoms with Gasteiger partial charge in [0.2, 0.25) is 0 Å². The minimum atomic E-state index is -0.177. The molecule has 27 heavy (non-hydrogen) atoms. The van der Waals surface area contributed by atoms with Crippen molar-refractivity contribution in [3.05, 3.63) is 52.7 Å². The van der Waals surface area contributed by atoms with Crippen LogP contribution in [0.25, 0.3) is 11.0 Å². The maximum absolute atomic E-state index is 12.6. The summed E-state index contributed by atoms with van der Waals surface area (Å²) in [5.41, 5.74) is 0.243. The highest BCUT2D eigenvalue weighted by atomic mass is 32.2. The van der Waals surface area contributed by atoms with Crippen molar-refractivity contribution in [2.45, 2.75) is 42.8 Å². The largest absolute Gasteiger partial charge is 0.508 e. The molecule has 0 saturated heterocycles. The van der Waals surface area contributed by atoms with E-state index in [1.54, 1.807) is 36.4 Å². The number of rotatable bonds is 7. The van der Waals surface area contributed by atoms with E-state index in [0.29, 0.717) is 27.6 Å². The fourth-order valence-electron chi connectivity index (χ4n) is 2.76. The lowest BCUT2D eigenvalue weighted by molar-refractivity contribution is 0.192. The summed E-state index contributed by atoms with van der Waals surface area (Å²) in [7, 11) is 1.52. The molecule has 0 atom stereocenters. The first-order valence-electron chi connectivity index (χ1n) is 8.83. The molecule has 2 aromatic carbocycles. The summed E-state index contributed by atoms with van der Waals surface area (Å²) in [5, 5.41) is 10.2. The standard InChI is InChI=1S/C21H22O5S/c1-4-14(5-2)25-15-10-18(24-3)21-17(23)12-20(26-19(21)11-15)27-16-8-6-13(22)7-9-16/h6-12,14,22H,4-5H2,1-3H3. The number of phenols is 1. The van der Waals surface area contributed by atoms with Gasteiger partial charge in [-0.25, -0.2) is 0 Å². The van der Waals surface area contributed by atoms with Crippen molar-refractivity contribution >= 4 is 22.7 Å². The van der Waals surface area contributed by atoms with E-state index in [2.05, 4.69) is 13.8 Å². The lowest BCUT2D eigenvalue weighted by Crippen LogP contribution is -2.14. The molecule has 0 aliphatic heterocycles. The summed E-state index contributed by atoms with van der Waals surface area (Å²) in [6.07, 6.45) is 1.86. The predicted octanol–water partition coefficient (Wildman–Crippen LogP) is 5.23. The Morgan fingerprint density at radius 1 is 1.11 bits per heavy atom. The highest BCUT2D eigenvalue weighted by molar-refractivity contribution is 7.99. The van der Waals surface area contributed by atoms with E-state index < -0.39 is 0 Å². The van der Waals surface area contributed by atoms with Gasteiger partial charge in [-0.05, 0) is 37.1 Å². The van der Waals surface area contributed by atoms with Gasteiger partial charge in [-0.1, -0.05) is 25.6 Å². The van der Waals surface area contributed by atoms with Crippen LogP contribution in [0.5, 0.6) is 17.2 Å². The third-order valence-corrected chi connectivity index (χ3v) is 5.14. The summed E-state index contributed by atoms with van der Waals surface area (Å²) in [5.74, 6) is 1.23. The first-order valence-corrected chi connectivity index (χ1v) is 9.65. The number of methoxy groups -OCH3 is 1. The van der Waals surface area contributed by atoms with Gasteiger partial charge >= 0.3 is 0 Å². The van der Waals surface area contributed by atoms with Crippen LogP contribution < -0.4 is 14.9 Å². The number of ether oxygens (including phenoxy) is 2. The fourth-order valence-corrected chi connectivity index (χ4v) is 3.57. The molecule has 1 N–H and O–H groups in total. The third kappa shape index (κ3) is 4.39. The Hall–Kier alpha value is -2.60. The number of phenolic OH excluding ortho intramolecular Hbond substituents is 1. The molecule has 0 saturated carbocycles. The molecular formula is C21H22O5S. The molecule has 0 spiro atoms. The summed E-state index contributed by atoms with van der Waals surface area (Å²) >= 11 is 1.31. The summed E-state index contributed by atoms with van der Waals surface area (Å²) < 4.78 is 17.3. The molecule has 0 radical (unpaired) electrons. The highest BCUT2D eigenvalue weighted by Crippen LogP contribution is 2.34. The van der Waals surface area contributed by atoms with Crippen LogP contribution in [0, 0.1) is 0 Å². The molecular weight excluding hydrogens is 364 g/mol. The minimum Gasteiger partial charge on any atom is -0.508 e. The number of aromatic hydroxyl groups is 1. The van der Waals surface area contributed by atoms with Gasteiger partial charge in [0, 0.05) is 23.1 Å². The predicted molar refractivity (Wildman–Crippen MR) is 106 cm³/mol. The lowest BCUT2D eigenvalue weighted by atomic mass is 10.2. The van der Waals surface area contributed by atoms with Crippen LogP contribution in [-0.2, 0) is 0 Å². The van der Waals surface area contributed by atoms with Gasteiger partial charge in [0.15, 0.2) is 10.5 Å². The third-order valence-electron chi connectivity index (χ3n) is 4.23. The van der Waals surface area contributed by atoms with Gasteiger partial charge in [0.25, 0.3) is 0 Å². The van der Waals surface area contributed by atoms with E-state index in [-0.39, 0.29) is 17.3 Å². The molecule has 1 heterocycles. The van der Waals surface area contributed by atoms with Crippen LogP contribution in [0.15, 0.2) is 61.7 Å². The molecule has 0 unspecified atom stereocenters. The summed E-state index contributed by atoms with van der Waals surface area (Å²) in [4.78, 5) is 13.5. The number of benzene rings is 2. The Morgan fingerprint density at radius 3 is 2.44 bits per heavy atom. The quantitative estimate of drug-likeness (QED) is 0.600. The Bertz CT molecular complexity index is 974. The van der Waals surface area contributed by atoms with Crippen molar-refractivity contribution in [2.75, 3.05) is 7.11 Å². The van der Waals surface area contributed by atoms with E-state index >= 15 is 0 Å². The molecule has 5 nitrogen and oxygen atoms in total. The first kappa shape index (κ1) is 19.2. The van der Waals surface area contributed by atoms with E-state index in [1.807, 2.05) is 0 Å². The molecule has 3 aromatic rings. The van der Waals surface area contributed by atoms with Crippen LogP contribution in [0.1, 0.15) is 26.7 Å². The van der Waals surface area contributed by atoms with Crippen LogP contribution in [-0.4, -0.2) is 18.3 Å². The monoisotopic (exact) mass is 386 g/mol. The second-order valence-corrected chi connectivity index (χ2v) is 7.16. The van der Waals surface area contributed by atoms with Crippen LogP contribution in [0.3, 0.4) is 0 Å². The van der Waals surface area contributed by atoms with Crippen LogP contribution in [0.2, 0.25) is 0 Å². The Morgan fingerprint density at radius 2 is 1.81 bits per heavy atom. The summed E-state index contributed by atoms with van der Waals surface area (Å²) in [6.45, 7) is 4.14. The summed E-state index contributed by atoms with van der Waals surface area (Å²) in [6, 6.07) is 11.6. The second kappa shape index (κ2) is 8.39. The van der Waals surface area contributed by atoms with E-state index in [1.165, 1.54) is 24.9 Å². The molecule has 0 bridgehead atoms. The van der Waals surface area contributed by atoms with E-state index in [0.717, 1.165) is 17.7 Å². The first-order chi connectivity index (χ1) is 13.0. The van der Waals surface area contributed by atoms with E-state index in [9.17, 15) is 9.90 Å². The van der Waals surface area contributed by atoms with Crippen molar-refractivity contribution < 1.29 is 19.0 Å². The molecule has 0 aliphatic carbocycles. The number of hydrogen-bond donors (Lipinski definition) is 1. The van der Waals surface area contributed by atoms with Gasteiger partial charge in [-0.3, -0.25) is 4.79 Å². The van der Waals surface area contributed by atoms with Gasteiger partial charge in [-0.2, -0.15) is 0 Å². The molecule has 142 valence electrons. The Labute approximate surface area is 161 Å². The topological polar surface area (TPSA) is 68.9 Å². The molecule has 3 rings (SSSR count). The van der Waals surface area contributed by atoms with Crippen molar-refractivity contribution in [3.8, 4) is 17.2 Å². The van der Waals surface area contributed by atoms with Gasteiger partial charge in [0.05, 0.1) is 13.2 Å². The van der Waals surface area contributed by atoms with Crippen molar-refractivity contribution in [2.24, 2.45) is 0 Å². The zero-order valence-electron chi connectivity index (χ0n) is 15.5. The zero-order valence-corrected chi connectivity index (χ0v) is 16.3. The average molecular weight is 386 g/mol. The number of hydrogen-bond acceptors (Lipinski definition) is 6. The second-order valence-electron chi connectivity index (χ2n) is 6.08. The van der Waals surface area contributed by atoms with Crippen molar-refractivity contribution in [1.82, 2.24) is 0 Å². The fraction of sp³-hybridized carbons (Fsp3) is 0.286. The Balaban J connectivity index is 2.03. The zero-order chi connectivity index (χ0) is 19.4. The van der Waals surface area contributed by atoms with Gasteiger partial charge in [0.1, 0.15) is 28.2 Å². The normalized spacial score (nSPS) is 11.1. The van der Waals surface area contributed by atoms with Crippen molar-refractivity contribution in [3.63, 3.8) is 0 Å². The van der Waals surface area contributed by atoms with Gasteiger partial charge < -0.3 is 19.0 Å². The SMILES string of the molecule is CCC(CC)Oc1cc(OC)c2c(=O)cc(Sc3ccc(O)cc3)oc2c1. The van der Waals surface area contributed by atoms with Crippen LogP contribution in [0.4, 0.5) is 0 Å². The highest BCUT2D eigenvalue weighted by Gasteiger charge is 2.15. The van der Waals surface area contributed by atoms with Crippen LogP contribution >= 0.6 is 11.8 Å².